The van der Waals surface area contributed by atoms with Gasteiger partial charge in [-0.1, -0.05) is 0 Å². The number of hydrogen-bond acceptors (Lipinski definition) is 5. The second-order valence-corrected chi connectivity index (χ2v) is 5.02. The van der Waals surface area contributed by atoms with Crippen LogP contribution in [0.2, 0.25) is 0 Å². The highest BCUT2D eigenvalue weighted by atomic mass is 16.7. The van der Waals surface area contributed by atoms with Crippen LogP contribution < -0.4 is 15.4 Å². The fourth-order valence-electron chi connectivity index (χ4n) is 2.82. The lowest BCUT2D eigenvalue weighted by Gasteiger charge is -2.39. The SMILES string of the molecule is COc1ccc(N2CCC3(CC2)OCCO3)c(N)c1. The summed E-state index contributed by atoms with van der Waals surface area (Å²) in [5, 5.41) is 0. The van der Waals surface area contributed by atoms with E-state index in [0.29, 0.717) is 13.2 Å². The summed E-state index contributed by atoms with van der Waals surface area (Å²) in [5.74, 6) is 0.453. The Bertz CT molecular complexity index is 448. The minimum atomic E-state index is -0.336. The lowest BCUT2D eigenvalue weighted by atomic mass is 10.0. The molecule has 1 spiro atoms. The predicted octanol–water partition coefficient (Wildman–Crippen LogP) is 1.62. The van der Waals surface area contributed by atoms with E-state index in [-0.39, 0.29) is 5.79 Å². The Kier molecular flexibility index (Phi) is 3.24. The monoisotopic (exact) mass is 264 g/mol. The summed E-state index contributed by atoms with van der Waals surface area (Å²) >= 11 is 0. The molecular formula is C14H20N2O3. The topological polar surface area (TPSA) is 57.0 Å². The van der Waals surface area contributed by atoms with Gasteiger partial charge in [0.1, 0.15) is 5.75 Å². The molecule has 2 heterocycles. The zero-order valence-corrected chi connectivity index (χ0v) is 11.2. The van der Waals surface area contributed by atoms with Gasteiger partial charge in [0.15, 0.2) is 5.79 Å². The summed E-state index contributed by atoms with van der Waals surface area (Å²) in [7, 11) is 1.65. The van der Waals surface area contributed by atoms with Crippen molar-refractivity contribution >= 4 is 11.4 Å². The Morgan fingerprint density at radius 2 is 1.89 bits per heavy atom. The van der Waals surface area contributed by atoms with Crippen molar-refractivity contribution in [3.63, 3.8) is 0 Å². The Balaban J connectivity index is 1.71. The van der Waals surface area contributed by atoms with E-state index in [2.05, 4.69) is 4.90 Å². The molecule has 2 aliphatic heterocycles. The highest BCUT2D eigenvalue weighted by Crippen LogP contribution is 2.35. The van der Waals surface area contributed by atoms with Gasteiger partial charge in [-0.2, -0.15) is 0 Å². The largest absolute Gasteiger partial charge is 0.497 e. The lowest BCUT2D eigenvalue weighted by molar-refractivity contribution is -0.169. The summed E-state index contributed by atoms with van der Waals surface area (Å²) in [6.07, 6.45) is 1.77. The number of ether oxygens (including phenoxy) is 3. The van der Waals surface area contributed by atoms with Gasteiger partial charge in [-0.3, -0.25) is 0 Å². The van der Waals surface area contributed by atoms with Gasteiger partial charge in [0.25, 0.3) is 0 Å². The summed E-state index contributed by atoms with van der Waals surface area (Å²) in [6, 6.07) is 5.82. The van der Waals surface area contributed by atoms with Crippen molar-refractivity contribution in [1.29, 1.82) is 0 Å². The standard InChI is InChI=1S/C14H20N2O3/c1-17-11-2-3-13(12(15)10-11)16-6-4-14(5-7-16)18-8-9-19-14/h2-3,10H,4-9,15H2,1H3. The van der Waals surface area contributed by atoms with Crippen molar-refractivity contribution < 1.29 is 14.2 Å². The van der Waals surface area contributed by atoms with E-state index in [4.69, 9.17) is 19.9 Å². The van der Waals surface area contributed by atoms with Crippen LogP contribution in [0.5, 0.6) is 5.75 Å². The van der Waals surface area contributed by atoms with Gasteiger partial charge < -0.3 is 24.8 Å². The summed E-state index contributed by atoms with van der Waals surface area (Å²) in [5.41, 5.74) is 7.91. The van der Waals surface area contributed by atoms with Crippen LogP contribution >= 0.6 is 0 Å². The van der Waals surface area contributed by atoms with Gasteiger partial charge >= 0.3 is 0 Å². The van der Waals surface area contributed by atoms with Gasteiger partial charge in [0.2, 0.25) is 0 Å². The molecule has 2 fully saturated rings. The molecule has 104 valence electrons. The molecule has 0 aliphatic carbocycles. The number of piperidine rings is 1. The van der Waals surface area contributed by atoms with Gasteiger partial charge in [0.05, 0.1) is 31.7 Å². The molecule has 0 atom stereocenters. The maximum Gasteiger partial charge on any atom is 0.171 e. The molecule has 0 bridgehead atoms. The Hall–Kier alpha value is -1.46. The van der Waals surface area contributed by atoms with Crippen molar-refractivity contribution in [2.45, 2.75) is 18.6 Å². The van der Waals surface area contributed by atoms with E-state index < -0.39 is 0 Å². The molecule has 0 unspecified atom stereocenters. The second-order valence-electron chi connectivity index (χ2n) is 5.02. The first-order chi connectivity index (χ1) is 9.22. The molecule has 3 rings (SSSR count). The molecule has 0 aromatic heterocycles. The molecule has 5 nitrogen and oxygen atoms in total. The average Bonchev–Trinajstić information content (AvgIpc) is 2.88. The first kappa shape index (κ1) is 12.6. The van der Waals surface area contributed by atoms with E-state index in [1.165, 1.54) is 0 Å². The molecule has 2 aliphatic rings. The van der Waals surface area contributed by atoms with Crippen LogP contribution in [0.4, 0.5) is 11.4 Å². The maximum atomic E-state index is 6.09. The average molecular weight is 264 g/mol. The van der Waals surface area contributed by atoms with E-state index in [0.717, 1.165) is 43.1 Å². The number of benzene rings is 1. The molecule has 1 aromatic rings. The minimum Gasteiger partial charge on any atom is -0.497 e. The zero-order chi connectivity index (χ0) is 13.3. The van der Waals surface area contributed by atoms with Crippen molar-refractivity contribution in [2.24, 2.45) is 0 Å². The molecule has 0 saturated carbocycles. The highest BCUT2D eigenvalue weighted by Gasteiger charge is 2.39. The van der Waals surface area contributed by atoms with Crippen LogP contribution in [0.3, 0.4) is 0 Å². The number of nitrogens with zero attached hydrogens (tertiary/aromatic N) is 1. The molecular weight excluding hydrogens is 244 g/mol. The zero-order valence-electron chi connectivity index (χ0n) is 11.2. The third-order valence-corrected chi connectivity index (χ3v) is 3.91. The molecule has 2 N–H and O–H groups in total. The van der Waals surface area contributed by atoms with Crippen LogP contribution in [0.15, 0.2) is 18.2 Å². The van der Waals surface area contributed by atoms with E-state index in [1.807, 2.05) is 18.2 Å². The minimum absolute atomic E-state index is 0.336. The summed E-state index contributed by atoms with van der Waals surface area (Å²) < 4.78 is 16.6. The Morgan fingerprint density at radius 1 is 1.21 bits per heavy atom. The number of hydrogen-bond donors (Lipinski definition) is 1. The number of anilines is 2. The number of nitrogens with two attached hydrogens (primary N) is 1. The second kappa shape index (κ2) is 4.90. The highest BCUT2D eigenvalue weighted by molar-refractivity contribution is 5.69. The maximum absolute atomic E-state index is 6.09. The van der Waals surface area contributed by atoms with Crippen molar-refractivity contribution in [3.8, 4) is 5.75 Å². The van der Waals surface area contributed by atoms with Crippen LogP contribution in [-0.2, 0) is 9.47 Å². The molecule has 0 radical (unpaired) electrons. The third-order valence-electron chi connectivity index (χ3n) is 3.91. The fraction of sp³-hybridized carbons (Fsp3) is 0.571. The first-order valence-electron chi connectivity index (χ1n) is 6.69. The van der Waals surface area contributed by atoms with E-state index >= 15 is 0 Å². The van der Waals surface area contributed by atoms with Gasteiger partial charge in [-0.25, -0.2) is 0 Å². The van der Waals surface area contributed by atoms with Crippen LogP contribution in [0.25, 0.3) is 0 Å². The normalized spacial score (nSPS) is 21.8. The quantitative estimate of drug-likeness (QED) is 0.823. The third kappa shape index (κ3) is 2.35. The first-order valence-corrected chi connectivity index (χ1v) is 6.69. The lowest BCUT2D eigenvalue weighted by Crippen LogP contribution is -2.45. The van der Waals surface area contributed by atoms with Crippen molar-refractivity contribution in [1.82, 2.24) is 0 Å². The van der Waals surface area contributed by atoms with Crippen LogP contribution in [0, 0.1) is 0 Å². The van der Waals surface area contributed by atoms with Gasteiger partial charge in [-0.15, -0.1) is 0 Å². The Labute approximate surface area is 113 Å². The molecule has 19 heavy (non-hydrogen) atoms. The predicted molar refractivity (Wildman–Crippen MR) is 73.5 cm³/mol. The Morgan fingerprint density at radius 3 is 2.47 bits per heavy atom. The molecule has 5 heteroatoms. The smallest absolute Gasteiger partial charge is 0.171 e. The number of methoxy groups -OCH3 is 1. The van der Waals surface area contributed by atoms with Crippen molar-refractivity contribution in [2.75, 3.05) is 44.0 Å². The summed E-state index contributed by atoms with van der Waals surface area (Å²) in [4.78, 5) is 2.28. The van der Waals surface area contributed by atoms with Gasteiger partial charge in [0, 0.05) is 32.0 Å². The number of rotatable bonds is 2. The van der Waals surface area contributed by atoms with Crippen molar-refractivity contribution in [3.05, 3.63) is 18.2 Å². The fourth-order valence-corrected chi connectivity index (χ4v) is 2.82. The van der Waals surface area contributed by atoms with Crippen LogP contribution in [-0.4, -0.2) is 39.2 Å². The molecule has 1 aromatic carbocycles. The molecule has 0 amide bonds. The van der Waals surface area contributed by atoms with E-state index in [9.17, 15) is 0 Å². The number of nitrogen functional groups attached to an aromatic ring is 1. The van der Waals surface area contributed by atoms with E-state index in [1.54, 1.807) is 7.11 Å². The summed E-state index contributed by atoms with van der Waals surface area (Å²) in [6.45, 7) is 3.22. The van der Waals surface area contributed by atoms with Gasteiger partial charge in [-0.05, 0) is 12.1 Å². The van der Waals surface area contributed by atoms with Crippen LogP contribution in [0.1, 0.15) is 12.8 Å². The molecule has 2 saturated heterocycles.